The minimum Gasteiger partial charge on any atom is -0.304 e. The molecule has 0 bridgehead atoms. The van der Waals surface area contributed by atoms with Crippen molar-refractivity contribution in [1.82, 2.24) is 10.6 Å². The van der Waals surface area contributed by atoms with Gasteiger partial charge in [-0.15, -0.1) is 0 Å². The summed E-state index contributed by atoms with van der Waals surface area (Å²) in [6.07, 6.45) is 2.14. The first kappa shape index (κ1) is 23.9. The highest BCUT2D eigenvalue weighted by molar-refractivity contribution is 5.29. The first-order valence-corrected chi connectivity index (χ1v) is 12.5. The Kier molecular flexibility index (Phi) is 8.67. The van der Waals surface area contributed by atoms with Crippen molar-refractivity contribution in [2.75, 3.05) is 0 Å². The monoisotopic (exact) mass is 448 g/mol. The van der Waals surface area contributed by atoms with Crippen molar-refractivity contribution in [3.05, 3.63) is 143 Å². The first-order chi connectivity index (χ1) is 16.8. The van der Waals surface area contributed by atoms with Crippen LogP contribution in [0.1, 0.15) is 59.3 Å². The van der Waals surface area contributed by atoms with Crippen molar-refractivity contribution in [1.29, 1.82) is 0 Å². The summed E-state index contributed by atoms with van der Waals surface area (Å²) in [6, 6.07) is 39.8. The molecule has 0 aliphatic carbocycles. The predicted molar refractivity (Wildman–Crippen MR) is 144 cm³/mol. The molecular formula is C32H36N2. The maximum Gasteiger partial charge on any atom is 0.0521 e. The minimum atomic E-state index is 0.129. The van der Waals surface area contributed by atoms with Gasteiger partial charge in [0.1, 0.15) is 0 Å². The van der Waals surface area contributed by atoms with Crippen LogP contribution in [-0.4, -0.2) is 0 Å². The molecule has 0 amide bonds. The summed E-state index contributed by atoms with van der Waals surface area (Å²) in [5, 5.41) is 7.76. The second kappa shape index (κ2) is 12.3. The molecule has 0 aromatic heterocycles. The highest BCUT2D eigenvalue weighted by Crippen LogP contribution is 2.30. The lowest BCUT2D eigenvalue weighted by atomic mass is 9.92. The van der Waals surface area contributed by atoms with E-state index in [4.69, 9.17) is 0 Å². The van der Waals surface area contributed by atoms with Crippen LogP contribution in [-0.2, 0) is 25.9 Å². The zero-order chi connectivity index (χ0) is 23.6. The van der Waals surface area contributed by atoms with Crippen LogP contribution >= 0.6 is 0 Å². The number of benzene rings is 4. The summed E-state index contributed by atoms with van der Waals surface area (Å²) in [5.41, 5.74) is 7.94. The van der Waals surface area contributed by atoms with Crippen molar-refractivity contribution in [3.63, 3.8) is 0 Å². The quantitative estimate of drug-likeness (QED) is 0.254. The Morgan fingerprint density at radius 3 is 1.09 bits per heavy atom. The molecule has 2 nitrogen and oxygen atoms in total. The molecule has 4 aromatic carbocycles. The summed E-state index contributed by atoms with van der Waals surface area (Å²) in [6.45, 7) is 6.04. The normalized spacial score (nSPS) is 12.9. The van der Waals surface area contributed by atoms with Crippen LogP contribution in [0.15, 0.2) is 109 Å². The maximum absolute atomic E-state index is 3.88. The largest absolute Gasteiger partial charge is 0.304 e. The lowest BCUT2D eigenvalue weighted by Crippen LogP contribution is -2.35. The number of aryl methyl sites for hydroxylation is 2. The highest BCUT2D eigenvalue weighted by atomic mass is 15.0. The van der Waals surface area contributed by atoms with Gasteiger partial charge in [-0.05, 0) is 46.2 Å². The van der Waals surface area contributed by atoms with Gasteiger partial charge < -0.3 is 10.6 Å². The Hall–Kier alpha value is -3.20. The molecule has 2 unspecified atom stereocenters. The lowest BCUT2D eigenvalue weighted by Gasteiger charge is -2.30. The van der Waals surface area contributed by atoms with E-state index in [1.54, 1.807) is 0 Å². The van der Waals surface area contributed by atoms with E-state index < -0.39 is 0 Å². The van der Waals surface area contributed by atoms with E-state index >= 15 is 0 Å². The third kappa shape index (κ3) is 6.44. The molecule has 0 spiro atoms. The molecular weight excluding hydrogens is 412 g/mol. The predicted octanol–water partition coefficient (Wildman–Crippen LogP) is 7.17. The molecule has 2 atom stereocenters. The van der Waals surface area contributed by atoms with Gasteiger partial charge in [0, 0.05) is 13.1 Å². The minimum absolute atomic E-state index is 0.129. The SMILES string of the molecule is CCc1ccc(CNC(c2ccccc2)C(NCc2ccc(CC)cc2)c2ccccc2)cc1. The fraction of sp³-hybridized carbons (Fsp3) is 0.250. The van der Waals surface area contributed by atoms with E-state index in [0.717, 1.165) is 25.9 Å². The van der Waals surface area contributed by atoms with Crippen molar-refractivity contribution in [2.24, 2.45) is 0 Å². The van der Waals surface area contributed by atoms with Crippen LogP contribution in [0.25, 0.3) is 0 Å². The average Bonchev–Trinajstić information content (AvgIpc) is 2.92. The first-order valence-electron chi connectivity index (χ1n) is 12.5. The van der Waals surface area contributed by atoms with Crippen molar-refractivity contribution < 1.29 is 0 Å². The number of hydrogen-bond donors (Lipinski definition) is 2. The Labute approximate surface area is 205 Å². The second-order valence-electron chi connectivity index (χ2n) is 8.88. The zero-order valence-electron chi connectivity index (χ0n) is 20.4. The van der Waals surface area contributed by atoms with Gasteiger partial charge in [-0.25, -0.2) is 0 Å². The van der Waals surface area contributed by atoms with Gasteiger partial charge in [0.05, 0.1) is 12.1 Å². The molecule has 34 heavy (non-hydrogen) atoms. The van der Waals surface area contributed by atoms with E-state index in [-0.39, 0.29) is 12.1 Å². The van der Waals surface area contributed by atoms with Crippen LogP contribution in [0.3, 0.4) is 0 Å². The van der Waals surface area contributed by atoms with Crippen LogP contribution < -0.4 is 10.6 Å². The van der Waals surface area contributed by atoms with Crippen molar-refractivity contribution in [3.8, 4) is 0 Å². The van der Waals surface area contributed by atoms with Gasteiger partial charge in [-0.1, -0.05) is 123 Å². The van der Waals surface area contributed by atoms with Gasteiger partial charge in [0.2, 0.25) is 0 Å². The number of hydrogen-bond acceptors (Lipinski definition) is 2. The summed E-state index contributed by atoms with van der Waals surface area (Å²) in [7, 11) is 0. The standard InChI is InChI=1S/C32H36N2/c1-3-25-15-19-27(20-16-25)23-33-31(29-11-7-5-8-12-29)32(30-13-9-6-10-14-30)34-24-28-21-17-26(4-2)18-22-28/h5-22,31-34H,3-4,23-24H2,1-2H3. The summed E-state index contributed by atoms with van der Waals surface area (Å²) >= 11 is 0. The van der Waals surface area contributed by atoms with Crippen LogP contribution in [0, 0.1) is 0 Å². The molecule has 0 fully saturated rings. The van der Waals surface area contributed by atoms with Crippen LogP contribution in [0.5, 0.6) is 0 Å². The van der Waals surface area contributed by atoms with Crippen LogP contribution in [0.2, 0.25) is 0 Å². The van der Waals surface area contributed by atoms with Gasteiger partial charge in [0.25, 0.3) is 0 Å². The molecule has 0 saturated carbocycles. The average molecular weight is 449 g/mol. The second-order valence-corrected chi connectivity index (χ2v) is 8.88. The lowest BCUT2D eigenvalue weighted by molar-refractivity contribution is 0.381. The highest BCUT2D eigenvalue weighted by Gasteiger charge is 2.24. The van der Waals surface area contributed by atoms with Gasteiger partial charge >= 0.3 is 0 Å². The fourth-order valence-corrected chi connectivity index (χ4v) is 4.42. The maximum atomic E-state index is 3.88. The van der Waals surface area contributed by atoms with Crippen LogP contribution in [0.4, 0.5) is 0 Å². The topological polar surface area (TPSA) is 24.1 Å². The van der Waals surface area contributed by atoms with E-state index in [1.165, 1.54) is 33.4 Å². The Bertz CT molecular complexity index is 1010. The molecule has 4 rings (SSSR count). The Morgan fingerprint density at radius 1 is 0.441 bits per heavy atom. The van der Waals surface area contributed by atoms with E-state index in [0.29, 0.717) is 0 Å². The van der Waals surface area contributed by atoms with Crippen molar-refractivity contribution in [2.45, 2.75) is 51.9 Å². The fourth-order valence-electron chi connectivity index (χ4n) is 4.42. The smallest absolute Gasteiger partial charge is 0.0521 e. The third-order valence-corrected chi connectivity index (χ3v) is 6.57. The molecule has 2 N–H and O–H groups in total. The molecule has 4 aromatic rings. The summed E-state index contributed by atoms with van der Waals surface area (Å²) in [4.78, 5) is 0. The van der Waals surface area contributed by atoms with Gasteiger partial charge in [-0.3, -0.25) is 0 Å². The molecule has 2 heteroatoms. The van der Waals surface area contributed by atoms with E-state index in [2.05, 4.69) is 134 Å². The number of nitrogens with one attached hydrogen (secondary N) is 2. The summed E-state index contributed by atoms with van der Waals surface area (Å²) < 4.78 is 0. The molecule has 0 aliphatic heterocycles. The molecule has 174 valence electrons. The summed E-state index contributed by atoms with van der Waals surface area (Å²) in [5.74, 6) is 0. The molecule has 0 saturated heterocycles. The Balaban J connectivity index is 1.59. The zero-order valence-corrected chi connectivity index (χ0v) is 20.4. The van der Waals surface area contributed by atoms with Gasteiger partial charge in [-0.2, -0.15) is 0 Å². The van der Waals surface area contributed by atoms with Gasteiger partial charge in [0.15, 0.2) is 0 Å². The number of rotatable bonds is 11. The molecule has 0 aliphatic rings. The van der Waals surface area contributed by atoms with E-state index in [9.17, 15) is 0 Å². The third-order valence-electron chi connectivity index (χ3n) is 6.57. The molecule has 0 radical (unpaired) electrons. The van der Waals surface area contributed by atoms with Crippen molar-refractivity contribution >= 4 is 0 Å². The van der Waals surface area contributed by atoms with E-state index in [1.807, 2.05) is 0 Å². The Morgan fingerprint density at radius 2 is 0.765 bits per heavy atom. The molecule has 0 heterocycles.